The van der Waals surface area contributed by atoms with Gasteiger partial charge in [-0.05, 0) is 51.7 Å². The van der Waals surface area contributed by atoms with Crippen molar-refractivity contribution in [3.63, 3.8) is 0 Å². The molecule has 0 aliphatic carbocycles. The maximum atomic E-state index is 12.7. The molecule has 26 heavy (non-hydrogen) atoms. The molecule has 1 aromatic rings. The summed E-state index contributed by atoms with van der Waals surface area (Å²) in [4.78, 5) is 32.8. The van der Waals surface area contributed by atoms with Gasteiger partial charge in [-0.15, -0.1) is 0 Å². The molecule has 3 rings (SSSR count). The van der Waals surface area contributed by atoms with Crippen molar-refractivity contribution < 1.29 is 19.8 Å². The standard InChI is InChI=1S/C19H27N3O4/c1-12-3-6-15(23)10-21(12)18(25)14-5-8-17(20-9-14)19(26)22-11-16(24)7-4-13(22)2/h5,8-9,12-13,15-16,23-24H,3-4,6-7,10-11H2,1-2H3/t12-,13+,15-,16+/m1/s1. The minimum absolute atomic E-state index is 0.0599. The van der Waals surface area contributed by atoms with Gasteiger partial charge in [-0.2, -0.15) is 0 Å². The number of hydrogen-bond donors (Lipinski definition) is 2. The van der Waals surface area contributed by atoms with Gasteiger partial charge in [0.2, 0.25) is 0 Å². The van der Waals surface area contributed by atoms with Crippen LogP contribution in [0.4, 0.5) is 0 Å². The summed E-state index contributed by atoms with van der Waals surface area (Å²) in [6.07, 6.45) is 3.38. The van der Waals surface area contributed by atoms with Crippen LogP contribution in [-0.2, 0) is 0 Å². The number of aliphatic hydroxyl groups excluding tert-OH is 2. The van der Waals surface area contributed by atoms with Gasteiger partial charge >= 0.3 is 0 Å². The van der Waals surface area contributed by atoms with E-state index in [-0.39, 0.29) is 29.6 Å². The number of hydrogen-bond acceptors (Lipinski definition) is 5. The second-order valence-electron chi connectivity index (χ2n) is 7.51. The number of pyridine rings is 1. The van der Waals surface area contributed by atoms with Crippen molar-refractivity contribution in [1.82, 2.24) is 14.8 Å². The van der Waals surface area contributed by atoms with Crippen LogP contribution >= 0.6 is 0 Å². The number of rotatable bonds is 2. The Morgan fingerprint density at radius 2 is 1.46 bits per heavy atom. The average Bonchev–Trinajstić information content (AvgIpc) is 2.64. The van der Waals surface area contributed by atoms with E-state index in [9.17, 15) is 19.8 Å². The summed E-state index contributed by atoms with van der Waals surface area (Å²) in [7, 11) is 0. The highest BCUT2D eigenvalue weighted by molar-refractivity contribution is 5.96. The number of piperidine rings is 2. The Bertz CT molecular complexity index is 606. The minimum Gasteiger partial charge on any atom is -0.391 e. The quantitative estimate of drug-likeness (QED) is 0.821. The molecule has 2 amide bonds. The van der Waals surface area contributed by atoms with Crippen molar-refractivity contribution in [2.24, 2.45) is 0 Å². The van der Waals surface area contributed by atoms with E-state index in [4.69, 9.17) is 0 Å². The lowest BCUT2D eigenvalue weighted by atomic mass is 10.00. The zero-order valence-electron chi connectivity index (χ0n) is 15.3. The number of carbonyl (C=O) groups excluding carboxylic acids is 2. The van der Waals surface area contributed by atoms with Gasteiger partial charge in [0.25, 0.3) is 11.8 Å². The van der Waals surface area contributed by atoms with Crippen molar-refractivity contribution in [1.29, 1.82) is 0 Å². The molecule has 0 spiro atoms. The third-order valence-electron chi connectivity index (χ3n) is 5.47. The molecule has 2 fully saturated rings. The summed E-state index contributed by atoms with van der Waals surface area (Å²) in [5.41, 5.74) is 0.684. The molecule has 4 atom stereocenters. The molecule has 7 nitrogen and oxygen atoms in total. The van der Waals surface area contributed by atoms with Crippen LogP contribution in [0.1, 0.15) is 60.4 Å². The van der Waals surface area contributed by atoms with Crippen LogP contribution in [0.3, 0.4) is 0 Å². The van der Waals surface area contributed by atoms with E-state index in [1.165, 1.54) is 6.20 Å². The van der Waals surface area contributed by atoms with Gasteiger partial charge in [0.15, 0.2) is 0 Å². The molecule has 0 aromatic carbocycles. The van der Waals surface area contributed by atoms with Crippen LogP contribution in [0, 0.1) is 0 Å². The fourth-order valence-electron chi connectivity index (χ4n) is 3.70. The number of nitrogens with zero attached hydrogens (tertiary/aromatic N) is 3. The molecule has 2 aliphatic heterocycles. The summed E-state index contributed by atoms with van der Waals surface area (Å²) in [6, 6.07) is 3.31. The summed E-state index contributed by atoms with van der Waals surface area (Å²) in [5, 5.41) is 19.6. The Balaban J connectivity index is 1.71. The Kier molecular flexibility index (Phi) is 5.58. The maximum Gasteiger partial charge on any atom is 0.272 e. The molecule has 0 bridgehead atoms. The van der Waals surface area contributed by atoms with Crippen LogP contribution < -0.4 is 0 Å². The van der Waals surface area contributed by atoms with E-state index in [1.807, 2.05) is 13.8 Å². The summed E-state index contributed by atoms with van der Waals surface area (Å²) in [5.74, 6) is -0.401. The number of aliphatic hydroxyl groups is 2. The molecule has 0 saturated carbocycles. The molecule has 1 aromatic heterocycles. The monoisotopic (exact) mass is 361 g/mol. The zero-order chi connectivity index (χ0) is 18.8. The highest BCUT2D eigenvalue weighted by Crippen LogP contribution is 2.21. The van der Waals surface area contributed by atoms with Crippen LogP contribution in [0.5, 0.6) is 0 Å². The van der Waals surface area contributed by atoms with Gasteiger partial charge in [-0.3, -0.25) is 14.6 Å². The van der Waals surface area contributed by atoms with Crippen molar-refractivity contribution in [3.8, 4) is 0 Å². The zero-order valence-corrected chi connectivity index (χ0v) is 15.3. The van der Waals surface area contributed by atoms with Gasteiger partial charge in [-0.1, -0.05) is 0 Å². The van der Waals surface area contributed by atoms with Crippen molar-refractivity contribution in [2.75, 3.05) is 13.1 Å². The minimum atomic E-state index is -0.497. The molecule has 2 N–H and O–H groups in total. The van der Waals surface area contributed by atoms with Crippen LogP contribution in [0.2, 0.25) is 0 Å². The third kappa shape index (κ3) is 3.88. The van der Waals surface area contributed by atoms with E-state index < -0.39 is 12.2 Å². The van der Waals surface area contributed by atoms with E-state index in [0.29, 0.717) is 31.5 Å². The molecule has 7 heteroatoms. The molecule has 2 saturated heterocycles. The summed E-state index contributed by atoms with van der Waals surface area (Å²) < 4.78 is 0. The van der Waals surface area contributed by atoms with E-state index >= 15 is 0 Å². The third-order valence-corrected chi connectivity index (χ3v) is 5.47. The lowest BCUT2D eigenvalue weighted by Crippen LogP contribution is -2.48. The van der Waals surface area contributed by atoms with Crippen LogP contribution in [0.25, 0.3) is 0 Å². The Hall–Kier alpha value is -1.99. The van der Waals surface area contributed by atoms with Gasteiger partial charge < -0.3 is 20.0 Å². The predicted octanol–water partition coefficient (Wildman–Crippen LogP) is 1.05. The maximum absolute atomic E-state index is 12.7. The molecule has 2 aliphatic rings. The normalized spacial score (nSPS) is 29.5. The lowest BCUT2D eigenvalue weighted by molar-refractivity contribution is 0.0301. The van der Waals surface area contributed by atoms with Gasteiger partial charge in [0, 0.05) is 31.4 Å². The number of likely N-dealkylation sites (tertiary alicyclic amines) is 2. The number of β-amino-alcohol motifs (C(OH)–C–C–N with tert-alkyl or cyclic N) is 2. The first-order valence-electron chi connectivity index (χ1n) is 9.31. The van der Waals surface area contributed by atoms with E-state index in [1.54, 1.807) is 21.9 Å². The second kappa shape index (κ2) is 7.72. The molecule has 0 unspecified atom stereocenters. The van der Waals surface area contributed by atoms with Crippen molar-refractivity contribution in [3.05, 3.63) is 29.6 Å². The molecule has 3 heterocycles. The molecular formula is C19H27N3O4. The Morgan fingerprint density at radius 3 is 1.96 bits per heavy atom. The van der Waals surface area contributed by atoms with Gasteiger partial charge in [0.1, 0.15) is 5.69 Å². The van der Waals surface area contributed by atoms with E-state index in [0.717, 1.165) is 12.8 Å². The van der Waals surface area contributed by atoms with Gasteiger partial charge in [-0.25, -0.2) is 0 Å². The number of carbonyl (C=O) groups is 2. The first kappa shape index (κ1) is 18.8. The summed E-state index contributed by atoms with van der Waals surface area (Å²) >= 11 is 0. The second-order valence-corrected chi connectivity index (χ2v) is 7.51. The SMILES string of the molecule is C[C@@H]1CC[C@@H](O)CN1C(=O)c1ccc(C(=O)N2C[C@@H](O)CC[C@@H]2C)nc1. The highest BCUT2D eigenvalue weighted by Gasteiger charge is 2.31. The number of aromatic nitrogens is 1. The first-order chi connectivity index (χ1) is 12.4. The summed E-state index contributed by atoms with van der Waals surface area (Å²) in [6.45, 7) is 4.57. The van der Waals surface area contributed by atoms with Crippen molar-refractivity contribution in [2.45, 2.75) is 63.8 Å². The van der Waals surface area contributed by atoms with E-state index in [2.05, 4.69) is 4.98 Å². The Labute approximate surface area is 153 Å². The fraction of sp³-hybridized carbons (Fsp3) is 0.632. The Morgan fingerprint density at radius 1 is 0.923 bits per heavy atom. The molecule has 0 radical (unpaired) electrons. The first-order valence-corrected chi connectivity index (χ1v) is 9.31. The molecular weight excluding hydrogens is 334 g/mol. The smallest absolute Gasteiger partial charge is 0.272 e. The predicted molar refractivity (Wildman–Crippen MR) is 95.7 cm³/mol. The van der Waals surface area contributed by atoms with Crippen LogP contribution in [-0.4, -0.2) is 74.2 Å². The van der Waals surface area contributed by atoms with Crippen LogP contribution in [0.15, 0.2) is 18.3 Å². The topological polar surface area (TPSA) is 94.0 Å². The van der Waals surface area contributed by atoms with Gasteiger partial charge in [0.05, 0.1) is 17.8 Å². The average molecular weight is 361 g/mol. The highest BCUT2D eigenvalue weighted by atomic mass is 16.3. The lowest BCUT2D eigenvalue weighted by Gasteiger charge is -2.36. The molecule has 142 valence electrons. The fourth-order valence-corrected chi connectivity index (χ4v) is 3.70. The number of amides is 2. The van der Waals surface area contributed by atoms with Crippen molar-refractivity contribution >= 4 is 11.8 Å². The largest absolute Gasteiger partial charge is 0.391 e.